The molecule has 0 saturated carbocycles. The first-order chi connectivity index (χ1) is 8.12. The van der Waals surface area contributed by atoms with E-state index < -0.39 is 11.8 Å². The van der Waals surface area contributed by atoms with Gasteiger partial charge in [-0.1, -0.05) is 37.6 Å². The average Bonchev–Trinajstić information content (AvgIpc) is 2.29. The standard InChI is InChI=1S/C14H20O3/c1-4-6-11-16-13(15)17-14(3)10-8-7-9-12(14)5-2/h5,7-10,12H,2,4,6,11H2,1,3H3. The summed E-state index contributed by atoms with van der Waals surface area (Å²) in [5, 5.41) is 0. The van der Waals surface area contributed by atoms with Gasteiger partial charge in [0.2, 0.25) is 0 Å². The highest BCUT2D eigenvalue weighted by molar-refractivity contribution is 5.61. The summed E-state index contributed by atoms with van der Waals surface area (Å²) < 4.78 is 10.3. The maximum absolute atomic E-state index is 11.5. The molecule has 0 aliphatic heterocycles. The fourth-order valence-corrected chi connectivity index (χ4v) is 1.66. The summed E-state index contributed by atoms with van der Waals surface area (Å²) in [4.78, 5) is 11.5. The van der Waals surface area contributed by atoms with Crippen molar-refractivity contribution in [2.45, 2.75) is 32.3 Å². The van der Waals surface area contributed by atoms with Crippen LogP contribution in [0.15, 0.2) is 37.0 Å². The van der Waals surface area contributed by atoms with Gasteiger partial charge in [0.05, 0.1) is 6.61 Å². The Morgan fingerprint density at radius 3 is 2.94 bits per heavy atom. The zero-order chi connectivity index (χ0) is 12.7. The number of allylic oxidation sites excluding steroid dienone is 2. The van der Waals surface area contributed by atoms with Crippen molar-refractivity contribution < 1.29 is 14.3 Å². The molecule has 0 aromatic heterocycles. The van der Waals surface area contributed by atoms with Crippen molar-refractivity contribution in [3.63, 3.8) is 0 Å². The summed E-state index contributed by atoms with van der Waals surface area (Å²) in [6.45, 7) is 8.04. The van der Waals surface area contributed by atoms with Crippen molar-refractivity contribution in [2.24, 2.45) is 5.92 Å². The van der Waals surface area contributed by atoms with Gasteiger partial charge in [0.15, 0.2) is 0 Å². The Labute approximate surface area is 103 Å². The molecule has 0 bridgehead atoms. The Morgan fingerprint density at radius 2 is 2.29 bits per heavy atom. The number of carbonyl (C=O) groups is 1. The Bertz CT molecular complexity index is 330. The molecule has 17 heavy (non-hydrogen) atoms. The van der Waals surface area contributed by atoms with E-state index in [0.29, 0.717) is 6.61 Å². The van der Waals surface area contributed by atoms with Crippen LogP contribution in [0.1, 0.15) is 26.7 Å². The molecule has 0 fully saturated rings. The number of ether oxygens (including phenoxy) is 2. The highest BCUT2D eigenvalue weighted by Gasteiger charge is 2.34. The Morgan fingerprint density at radius 1 is 1.53 bits per heavy atom. The zero-order valence-electron chi connectivity index (χ0n) is 10.5. The second-order valence-electron chi connectivity index (χ2n) is 4.24. The summed E-state index contributed by atoms with van der Waals surface area (Å²) in [6, 6.07) is 0. The molecule has 0 heterocycles. The van der Waals surface area contributed by atoms with E-state index in [-0.39, 0.29) is 5.92 Å². The van der Waals surface area contributed by atoms with Gasteiger partial charge >= 0.3 is 6.16 Å². The Kier molecular flexibility index (Phi) is 5.01. The lowest BCUT2D eigenvalue weighted by Crippen LogP contribution is -2.37. The first-order valence-electron chi connectivity index (χ1n) is 5.96. The van der Waals surface area contributed by atoms with Gasteiger partial charge in [-0.25, -0.2) is 4.79 Å². The first kappa shape index (κ1) is 13.6. The van der Waals surface area contributed by atoms with Crippen molar-refractivity contribution in [3.05, 3.63) is 37.0 Å². The third-order valence-electron chi connectivity index (χ3n) is 2.79. The topological polar surface area (TPSA) is 35.5 Å². The predicted molar refractivity (Wildman–Crippen MR) is 67.7 cm³/mol. The predicted octanol–water partition coefficient (Wildman–Crippen LogP) is 3.63. The molecule has 0 spiro atoms. The minimum Gasteiger partial charge on any atom is -0.434 e. The Balaban J connectivity index is 2.53. The van der Waals surface area contributed by atoms with E-state index in [4.69, 9.17) is 9.47 Å². The normalized spacial score (nSPS) is 26.6. The molecule has 2 atom stereocenters. The minimum absolute atomic E-state index is 0.0220. The molecule has 1 aliphatic carbocycles. The van der Waals surface area contributed by atoms with Gasteiger partial charge in [0, 0.05) is 5.92 Å². The average molecular weight is 236 g/mol. The molecule has 94 valence electrons. The third kappa shape index (κ3) is 3.77. The van der Waals surface area contributed by atoms with Gasteiger partial charge in [-0.15, -0.1) is 6.58 Å². The molecular weight excluding hydrogens is 216 g/mol. The van der Waals surface area contributed by atoms with Gasteiger partial charge in [-0.3, -0.25) is 0 Å². The number of hydrogen-bond donors (Lipinski definition) is 0. The van der Waals surface area contributed by atoms with E-state index >= 15 is 0 Å². The quantitative estimate of drug-likeness (QED) is 0.415. The van der Waals surface area contributed by atoms with Crippen LogP contribution in [-0.2, 0) is 9.47 Å². The maximum Gasteiger partial charge on any atom is 0.509 e. The van der Waals surface area contributed by atoms with Gasteiger partial charge in [0.1, 0.15) is 5.60 Å². The molecule has 0 aromatic rings. The van der Waals surface area contributed by atoms with E-state index in [1.165, 1.54) is 0 Å². The van der Waals surface area contributed by atoms with E-state index in [9.17, 15) is 4.79 Å². The number of hydrogen-bond acceptors (Lipinski definition) is 3. The minimum atomic E-state index is -0.695. The van der Waals surface area contributed by atoms with E-state index in [1.54, 1.807) is 6.08 Å². The molecule has 0 saturated heterocycles. The summed E-state index contributed by atoms with van der Waals surface area (Å²) in [5.74, 6) is -0.0220. The largest absolute Gasteiger partial charge is 0.509 e. The number of unbranched alkanes of at least 4 members (excludes halogenated alkanes) is 1. The molecule has 0 N–H and O–H groups in total. The van der Waals surface area contributed by atoms with Gasteiger partial charge < -0.3 is 9.47 Å². The SMILES string of the molecule is C=CC1C=CC=CC1(C)OC(=O)OCCCC. The van der Waals surface area contributed by atoms with E-state index in [2.05, 4.69) is 6.58 Å². The van der Waals surface area contributed by atoms with Gasteiger partial charge in [-0.05, 0) is 19.4 Å². The molecule has 0 radical (unpaired) electrons. The maximum atomic E-state index is 11.5. The van der Waals surface area contributed by atoms with Crippen molar-refractivity contribution in [1.82, 2.24) is 0 Å². The summed E-state index contributed by atoms with van der Waals surface area (Å²) in [6.07, 6.45) is 10.6. The molecule has 1 aliphatic rings. The highest BCUT2D eigenvalue weighted by atomic mass is 16.7. The molecule has 3 nitrogen and oxygen atoms in total. The van der Waals surface area contributed by atoms with Crippen LogP contribution in [0.4, 0.5) is 4.79 Å². The van der Waals surface area contributed by atoms with Crippen LogP contribution < -0.4 is 0 Å². The molecular formula is C14H20O3. The van der Waals surface area contributed by atoms with Crippen LogP contribution >= 0.6 is 0 Å². The van der Waals surface area contributed by atoms with Gasteiger partial charge in [0.25, 0.3) is 0 Å². The first-order valence-corrected chi connectivity index (χ1v) is 5.96. The molecule has 0 aromatic carbocycles. The van der Waals surface area contributed by atoms with Crippen LogP contribution in [-0.4, -0.2) is 18.4 Å². The second kappa shape index (κ2) is 6.28. The lowest BCUT2D eigenvalue weighted by molar-refractivity contribution is -0.0141. The third-order valence-corrected chi connectivity index (χ3v) is 2.79. The lowest BCUT2D eigenvalue weighted by atomic mass is 9.85. The van der Waals surface area contributed by atoms with Crippen LogP contribution in [0.25, 0.3) is 0 Å². The van der Waals surface area contributed by atoms with E-state index in [0.717, 1.165) is 12.8 Å². The van der Waals surface area contributed by atoms with Crippen molar-refractivity contribution in [1.29, 1.82) is 0 Å². The monoisotopic (exact) mass is 236 g/mol. The highest BCUT2D eigenvalue weighted by Crippen LogP contribution is 2.29. The summed E-state index contributed by atoms with van der Waals surface area (Å²) in [5.41, 5.74) is -0.695. The van der Waals surface area contributed by atoms with Crippen LogP contribution in [0.2, 0.25) is 0 Å². The number of carbonyl (C=O) groups excluding carboxylic acids is 1. The van der Waals surface area contributed by atoms with Gasteiger partial charge in [-0.2, -0.15) is 0 Å². The fourth-order valence-electron chi connectivity index (χ4n) is 1.66. The molecule has 3 heteroatoms. The Hall–Kier alpha value is -1.51. The molecule has 0 amide bonds. The summed E-state index contributed by atoms with van der Waals surface area (Å²) >= 11 is 0. The fraction of sp³-hybridized carbons (Fsp3) is 0.500. The van der Waals surface area contributed by atoms with E-state index in [1.807, 2.05) is 38.2 Å². The van der Waals surface area contributed by atoms with Crippen LogP contribution in [0.5, 0.6) is 0 Å². The molecule has 1 rings (SSSR count). The second-order valence-corrected chi connectivity index (χ2v) is 4.24. The van der Waals surface area contributed by atoms with Crippen molar-refractivity contribution in [3.8, 4) is 0 Å². The smallest absolute Gasteiger partial charge is 0.434 e. The number of rotatable bonds is 5. The van der Waals surface area contributed by atoms with Crippen molar-refractivity contribution >= 4 is 6.16 Å². The summed E-state index contributed by atoms with van der Waals surface area (Å²) in [7, 11) is 0. The van der Waals surface area contributed by atoms with Crippen LogP contribution in [0.3, 0.4) is 0 Å². The van der Waals surface area contributed by atoms with Crippen molar-refractivity contribution in [2.75, 3.05) is 6.61 Å². The lowest BCUT2D eigenvalue weighted by Gasteiger charge is -2.32. The molecule has 2 unspecified atom stereocenters. The van der Waals surface area contributed by atoms with Crippen LogP contribution in [0, 0.1) is 5.92 Å². The zero-order valence-corrected chi connectivity index (χ0v) is 10.5.